The summed E-state index contributed by atoms with van der Waals surface area (Å²) in [7, 11) is 0. The molecule has 1 N–H and O–H groups in total. The fraction of sp³-hybridized carbons (Fsp3) is 0.538. The van der Waals surface area contributed by atoms with E-state index in [0.29, 0.717) is 6.61 Å². The minimum Gasteiger partial charge on any atom is -0.378 e. The van der Waals surface area contributed by atoms with Crippen molar-refractivity contribution in [2.75, 3.05) is 18.5 Å². The summed E-state index contributed by atoms with van der Waals surface area (Å²) in [5, 5.41) is 3.37. The molecular formula is C13H16FNO. The molecule has 0 aliphatic carbocycles. The van der Waals surface area contributed by atoms with E-state index in [2.05, 4.69) is 30.4 Å². The predicted molar refractivity (Wildman–Crippen MR) is 61.6 cm³/mol. The van der Waals surface area contributed by atoms with Gasteiger partial charge in [-0.3, -0.25) is 0 Å². The van der Waals surface area contributed by atoms with E-state index in [-0.39, 0.29) is 6.61 Å². The molecule has 0 radical (unpaired) electrons. The smallest absolute Gasteiger partial charge is 0.147 e. The Hall–Kier alpha value is -1.09. The van der Waals surface area contributed by atoms with Crippen LogP contribution in [0.1, 0.15) is 17.5 Å². The molecule has 1 aromatic rings. The van der Waals surface area contributed by atoms with Crippen LogP contribution < -0.4 is 5.32 Å². The summed E-state index contributed by atoms with van der Waals surface area (Å²) in [6.07, 6.45) is 0.630. The number of nitrogens with one attached hydrogen (secondary N) is 1. The van der Waals surface area contributed by atoms with E-state index in [1.807, 2.05) is 0 Å². The number of rotatable bonds is 0. The van der Waals surface area contributed by atoms with Gasteiger partial charge >= 0.3 is 0 Å². The van der Waals surface area contributed by atoms with Crippen LogP contribution in [0.2, 0.25) is 0 Å². The van der Waals surface area contributed by atoms with Gasteiger partial charge < -0.3 is 10.1 Å². The zero-order valence-electron chi connectivity index (χ0n) is 9.42. The molecular weight excluding hydrogens is 205 g/mol. The van der Waals surface area contributed by atoms with Crippen molar-refractivity contribution in [1.82, 2.24) is 0 Å². The van der Waals surface area contributed by atoms with Gasteiger partial charge in [-0.05, 0) is 25.0 Å². The topological polar surface area (TPSA) is 21.3 Å². The second-order valence-electron chi connectivity index (χ2n) is 4.91. The maximum Gasteiger partial charge on any atom is 0.147 e. The third-order valence-corrected chi connectivity index (χ3v) is 3.71. The Kier molecular flexibility index (Phi) is 2.18. The van der Waals surface area contributed by atoms with Crippen molar-refractivity contribution in [3.63, 3.8) is 0 Å². The SMILES string of the molecule is Cc1ccc2c(c1)CC1(CCOCC1F)N2. The van der Waals surface area contributed by atoms with Gasteiger partial charge in [-0.25, -0.2) is 4.39 Å². The van der Waals surface area contributed by atoms with Crippen molar-refractivity contribution in [3.8, 4) is 0 Å². The number of anilines is 1. The van der Waals surface area contributed by atoms with Crippen molar-refractivity contribution < 1.29 is 9.13 Å². The number of hydrogen-bond donors (Lipinski definition) is 1. The van der Waals surface area contributed by atoms with Gasteiger partial charge in [0.25, 0.3) is 0 Å². The highest BCUT2D eigenvalue weighted by molar-refractivity contribution is 5.60. The van der Waals surface area contributed by atoms with Crippen molar-refractivity contribution in [1.29, 1.82) is 0 Å². The molecule has 1 saturated heterocycles. The molecule has 2 heterocycles. The Balaban J connectivity index is 1.93. The molecule has 0 bridgehead atoms. The van der Waals surface area contributed by atoms with Gasteiger partial charge in [0.2, 0.25) is 0 Å². The first kappa shape index (κ1) is 10.1. The van der Waals surface area contributed by atoms with Crippen LogP contribution >= 0.6 is 0 Å². The average Bonchev–Trinajstić information content (AvgIpc) is 2.61. The Morgan fingerprint density at radius 1 is 1.50 bits per heavy atom. The summed E-state index contributed by atoms with van der Waals surface area (Å²) in [6, 6.07) is 6.28. The van der Waals surface area contributed by atoms with Crippen LogP contribution in [0.25, 0.3) is 0 Å². The van der Waals surface area contributed by atoms with E-state index in [1.54, 1.807) is 0 Å². The van der Waals surface area contributed by atoms with Crippen molar-refractivity contribution in [2.24, 2.45) is 0 Å². The molecule has 86 valence electrons. The highest BCUT2D eigenvalue weighted by Crippen LogP contribution is 2.39. The molecule has 1 fully saturated rings. The molecule has 0 aromatic heterocycles. The third kappa shape index (κ3) is 1.42. The summed E-state index contributed by atoms with van der Waals surface area (Å²) < 4.78 is 19.2. The molecule has 2 nitrogen and oxygen atoms in total. The summed E-state index contributed by atoms with van der Waals surface area (Å²) >= 11 is 0. The molecule has 2 unspecified atom stereocenters. The van der Waals surface area contributed by atoms with Crippen molar-refractivity contribution in [3.05, 3.63) is 29.3 Å². The van der Waals surface area contributed by atoms with Crippen molar-refractivity contribution >= 4 is 5.69 Å². The van der Waals surface area contributed by atoms with Crippen LogP contribution in [0.4, 0.5) is 10.1 Å². The molecule has 1 spiro atoms. The van der Waals surface area contributed by atoms with Gasteiger partial charge in [-0.2, -0.15) is 0 Å². The highest BCUT2D eigenvalue weighted by atomic mass is 19.1. The lowest BCUT2D eigenvalue weighted by atomic mass is 9.85. The van der Waals surface area contributed by atoms with Crippen LogP contribution in [-0.2, 0) is 11.2 Å². The van der Waals surface area contributed by atoms with Crippen LogP contribution in [0.5, 0.6) is 0 Å². The zero-order valence-corrected chi connectivity index (χ0v) is 9.42. The predicted octanol–water partition coefficient (Wildman–Crippen LogP) is 2.46. The monoisotopic (exact) mass is 221 g/mol. The minimum atomic E-state index is -0.908. The molecule has 16 heavy (non-hydrogen) atoms. The lowest BCUT2D eigenvalue weighted by Gasteiger charge is -2.37. The maximum absolute atomic E-state index is 14.0. The van der Waals surface area contributed by atoms with E-state index in [0.717, 1.165) is 18.5 Å². The molecule has 2 aliphatic rings. The normalized spacial score (nSPS) is 32.5. The van der Waals surface area contributed by atoms with E-state index in [9.17, 15) is 4.39 Å². The summed E-state index contributed by atoms with van der Waals surface area (Å²) in [6.45, 7) is 2.95. The Labute approximate surface area is 94.8 Å². The molecule has 2 atom stereocenters. The maximum atomic E-state index is 14.0. The lowest BCUT2D eigenvalue weighted by Crippen LogP contribution is -2.52. The molecule has 3 rings (SSSR count). The van der Waals surface area contributed by atoms with Gasteiger partial charge in [0.05, 0.1) is 12.1 Å². The van der Waals surface area contributed by atoms with Gasteiger partial charge in [-0.15, -0.1) is 0 Å². The highest BCUT2D eigenvalue weighted by Gasteiger charge is 2.45. The number of aryl methyl sites for hydroxylation is 1. The summed E-state index contributed by atoms with van der Waals surface area (Å²) in [5.74, 6) is 0. The second kappa shape index (κ2) is 3.45. The van der Waals surface area contributed by atoms with Gasteiger partial charge in [-0.1, -0.05) is 17.7 Å². The molecule has 0 amide bonds. The van der Waals surface area contributed by atoms with E-state index >= 15 is 0 Å². The Morgan fingerprint density at radius 2 is 2.38 bits per heavy atom. The van der Waals surface area contributed by atoms with Crippen LogP contribution in [0.15, 0.2) is 18.2 Å². The number of benzene rings is 1. The standard InChI is InChI=1S/C13H16FNO/c1-9-2-3-11-10(6-9)7-13(15-11)4-5-16-8-12(13)14/h2-3,6,12,15H,4-5,7-8H2,1H3. The van der Waals surface area contributed by atoms with Gasteiger partial charge in [0.1, 0.15) is 6.17 Å². The number of hydrogen-bond acceptors (Lipinski definition) is 2. The van der Waals surface area contributed by atoms with Gasteiger partial charge in [0.15, 0.2) is 0 Å². The fourth-order valence-corrected chi connectivity index (χ4v) is 2.74. The first-order valence-electron chi connectivity index (χ1n) is 5.79. The molecule has 3 heteroatoms. The largest absolute Gasteiger partial charge is 0.378 e. The van der Waals surface area contributed by atoms with E-state index < -0.39 is 11.7 Å². The summed E-state index contributed by atoms with van der Waals surface area (Å²) in [4.78, 5) is 0. The number of fused-ring (bicyclic) bond motifs is 1. The Morgan fingerprint density at radius 3 is 3.19 bits per heavy atom. The quantitative estimate of drug-likeness (QED) is 0.726. The first-order valence-corrected chi connectivity index (χ1v) is 5.79. The molecule has 2 aliphatic heterocycles. The first-order chi connectivity index (χ1) is 7.70. The zero-order chi connectivity index (χ0) is 11.2. The summed E-state index contributed by atoms with van der Waals surface area (Å²) in [5.41, 5.74) is 3.16. The molecule has 0 saturated carbocycles. The van der Waals surface area contributed by atoms with Crippen LogP contribution in [0, 0.1) is 6.92 Å². The number of alkyl halides is 1. The third-order valence-electron chi connectivity index (χ3n) is 3.71. The Bertz CT molecular complexity index is 420. The second-order valence-corrected chi connectivity index (χ2v) is 4.91. The van der Waals surface area contributed by atoms with E-state index in [4.69, 9.17) is 4.74 Å². The fourth-order valence-electron chi connectivity index (χ4n) is 2.74. The average molecular weight is 221 g/mol. The lowest BCUT2D eigenvalue weighted by molar-refractivity contribution is -0.00544. The van der Waals surface area contributed by atoms with E-state index in [1.165, 1.54) is 11.1 Å². The molecule has 1 aromatic carbocycles. The van der Waals surface area contributed by atoms with Crippen LogP contribution in [-0.4, -0.2) is 24.9 Å². The minimum absolute atomic E-state index is 0.222. The number of ether oxygens (including phenoxy) is 1. The van der Waals surface area contributed by atoms with Gasteiger partial charge in [0, 0.05) is 18.7 Å². The van der Waals surface area contributed by atoms with Crippen molar-refractivity contribution in [2.45, 2.75) is 31.5 Å². The van der Waals surface area contributed by atoms with Crippen LogP contribution in [0.3, 0.4) is 0 Å². The number of halogens is 1.